The summed E-state index contributed by atoms with van der Waals surface area (Å²) in [7, 11) is 3.22. The molecule has 0 aliphatic carbocycles. The van der Waals surface area contributed by atoms with Crippen LogP contribution in [0.4, 0.5) is 0 Å². The Morgan fingerprint density at radius 3 is 1.46 bits per heavy atom. The minimum Gasteiger partial charge on any atom is -0.590 e. The summed E-state index contributed by atoms with van der Waals surface area (Å²) in [6, 6.07) is 6.52. The number of carbonyl (C=O) groups excluding carboxylic acids is 2. The van der Waals surface area contributed by atoms with Crippen molar-refractivity contribution in [2.24, 2.45) is 0 Å². The topological polar surface area (TPSA) is 66.9 Å². The molecule has 0 saturated carbocycles. The van der Waals surface area contributed by atoms with E-state index < -0.39 is 0 Å². The average Bonchev–Trinajstić information content (AvgIpc) is 3.25. The van der Waals surface area contributed by atoms with Gasteiger partial charge in [0.05, 0.1) is 11.1 Å². The zero-order chi connectivity index (χ0) is 15.4. The molecular weight excluding hydrogens is 462 g/mol. The Morgan fingerprint density at radius 1 is 0.792 bits per heavy atom. The van der Waals surface area contributed by atoms with Crippen LogP contribution in [0, 0.1) is 12.5 Å². The van der Waals surface area contributed by atoms with Gasteiger partial charge in [0, 0.05) is 90.9 Å². The van der Waals surface area contributed by atoms with Gasteiger partial charge in [-0.25, -0.2) is 0 Å². The van der Waals surface area contributed by atoms with Crippen molar-refractivity contribution in [1.29, 1.82) is 0 Å². The second-order valence-corrected chi connectivity index (χ2v) is 5.01. The first-order valence-electron chi connectivity index (χ1n) is 6.58. The molecule has 6 nitrogen and oxygen atoms in total. The second kappa shape index (κ2) is 7.20. The summed E-state index contributed by atoms with van der Waals surface area (Å²) in [5.41, 5.74) is 1.54. The Hall–Kier alpha value is -0.812. The number of likely N-dealkylation sites (N-methyl/N-ethyl adjacent to an activating group) is 2. The largest absolute Gasteiger partial charge is 0.590 e. The normalized spacial score (nSPS) is 16.6. The van der Waals surface area contributed by atoms with Gasteiger partial charge in [0.1, 0.15) is 0 Å². The van der Waals surface area contributed by atoms with Crippen LogP contribution in [0.25, 0.3) is 11.4 Å². The summed E-state index contributed by atoms with van der Waals surface area (Å²) in [6.45, 7) is 0. The number of amides is 2. The van der Waals surface area contributed by atoms with Gasteiger partial charge in [0.15, 0.2) is 0 Å². The number of fused-ring (bicyclic) bond motifs is 1. The van der Waals surface area contributed by atoms with Crippen LogP contribution in [0.15, 0.2) is 44.2 Å². The molecule has 4 rings (SSSR count). The van der Waals surface area contributed by atoms with Crippen LogP contribution < -0.4 is 0 Å². The molecule has 2 radical (unpaired) electrons. The summed E-state index contributed by atoms with van der Waals surface area (Å²) >= 11 is 0. The Kier molecular flexibility index (Phi) is 5.86. The van der Waals surface area contributed by atoms with Crippen LogP contribution >= 0.6 is 0 Å². The molecule has 0 N–H and O–H groups in total. The molecule has 24 heavy (non-hydrogen) atoms. The van der Waals surface area contributed by atoms with Gasteiger partial charge < -0.3 is 18.6 Å². The Morgan fingerprint density at radius 2 is 1.17 bits per heavy atom. The van der Waals surface area contributed by atoms with Gasteiger partial charge in [-0.2, -0.15) is 12.1 Å². The minimum absolute atomic E-state index is 0. The number of hydrogen-bond donors (Lipinski definition) is 0. The SMILES string of the molecule is CN1C(=O)C2=C(c3cc[c-]o3)N(C)C(=O)C2=C1c1cc[c-]o1.[Y].[Y]. The van der Waals surface area contributed by atoms with E-state index in [-0.39, 0.29) is 77.2 Å². The monoisotopic (exact) mass is 472 g/mol. The van der Waals surface area contributed by atoms with Crippen molar-refractivity contribution in [3.8, 4) is 0 Å². The molecule has 0 unspecified atom stereocenters. The molecule has 0 fully saturated rings. The zero-order valence-electron chi connectivity index (χ0n) is 13.0. The van der Waals surface area contributed by atoms with Crippen molar-refractivity contribution in [1.82, 2.24) is 9.80 Å². The minimum atomic E-state index is -0.273. The van der Waals surface area contributed by atoms with Gasteiger partial charge in [0.25, 0.3) is 11.8 Å². The molecule has 8 heteroatoms. The van der Waals surface area contributed by atoms with E-state index in [0.29, 0.717) is 34.1 Å². The maximum absolute atomic E-state index is 12.6. The smallest absolute Gasteiger partial charge is 0.259 e. The number of carbonyl (C=O) groups is 2. The van der Waals surface area contributed by atoms with Crippen LogP contribution in [0.3, 0.4) is 0 Å². The van der Waals surface area contributed by atoms with Gasteiger partial charge in [-0.05, 0) is 24.0 Å². The van der Waals surface area contributed by atoms with Gasteiger partial charge in [-0.3, -0.25) is 9.59 Å². The van der Waals surface area contributed by atoms with E-state index in [1.807, 2.05) is 0 Å². The summed E-state index contributed by atoms with van der Waals surface area (Å²) in [6.07, 6.45) is 5.15. The van der Waals surface area contributed by atoms with Gasteiger partial charge in [-0.15, -0.1) is 12.1 Å². The van der Waals surface area contributed by atoms with Crippen molar-refractivity contribution in [2.75, 3.05) is 14.1 Å². The van der Waals surface area contributed by atoms with E-state index in [9.17, 15) is 9.59 Å². The molecule has 116 valence electrons. The molecule has 2 amide bonds. The van der Waals surface area contributed by atoms with Crippen molar-refractivity contribution < 1.29 is 83.8 Å². The number of rotatable bonds is 2. The predicted molar refractivity (Wildman–Crippen MR) is 74.5 cm³/mol. The maximum atomic E-state index is 12.6. The Labute approximate surface area is 188 Å². The van der Waals surface area contributed by atoms with E-state index in [1.54, 1.807) is 38.4 Å². The fourth-order valence-corrected chi connectivity index (χ4v) is 2.84. The van der Waals surface area contributed by atoms with Crippen molar-refractivity contribution in [2.45, 2.75) is 0 Å². The second-order valence-electron chi connectivity index (χ2n) is 5.01. The molecule has 2 aliphatic rings. The Balaban J connectivity index is 0.00000104. The summed E-state index contributed by atoms with van der Waals surface area (Å²) in [5, 5.41) is 0. The molecule has 2 aromatic rings. The third-order valence-electron chi connectivity index (χ3n) is 3.84. The number of furan rings is 2. The van der Waals surface area contributed by atoms with Crippen LogP contribution in [0.1, 0.15) is 11.5 Å². The molecule has 0 spiro atoms. The van der Waals surface area contributed by atoms with Crippen LogP contribution in [0.5, 0.6) is 0 Å². The molecule has 0 aromatic carbocycles. The molecule has 0 atom stereocenters. The number of hydrogen-bond acceptors (Lipinski definition) is 4. The van der Waals surface area contributed by atoms with Crippen LogP contribution in [0.2, 0.25) is 0 Å². The fraction of sp³-hybridized carbons (Fsp3) is 0.125. The quantitative estimate of drug-likeness (QED) is 0.623. The first kappa shape index (κ1) is 19.5. The van der Waals surface area contributed by atoms with E-state index in [1.165, 1.54) is 9.80 Å². The molecule has 2 aliphatic heterocycles. The van der Waals surface area contributed by atoms with E-state index in [0.717, 1.165) is 0 Å². The van der Waals surface area contributed by atoms with E-state index in [2.05, 4.69) is 12.5 Å². The summed E-state index contributed by atoms with van der Waals surface area (Å²) in [5.74, 6) is 0.306. The summed E-state index contributed by atoms with van der Waals surface area (Å²) in [4.78, 5) is 28.1. The average molecular weight is 472 g/mol. The predicted octanol–water partition coefficient (Wildman–Crippen LogP) is 1.53. The molecule has 0 saturated heterocycles. The van der Waals surface area contributed by atoms with Gasteiger partial charge in [-0.1, -0.05) is 0 Å². The number of nitrogens with zero attached hydrogens (tertiary/aromatic N) is 2. The van der Waals surface area contributed by atoms with Gasteiger partial charge >= 0.3 is 0 Å². The Bertz CT molecular complexity index is 779. The molecule has 2 aromatic heterocycles. The van der Waals surface area contributed by atoms with Crippen LogP contribution in [-0.2, 0) is 75.0 Å². The van der Waals surface area contributed by atoms with Crippen molar-refractivity contribution >= 4 is 23.2 Å². The molecule has 0 bridgehead atoms. The van der Waals surface area contributed by atoms with E-state index >= 15 is 0 Å². The third-order valence-corrected chi connectivity index (χ3v) is 3.84. The first-order valence-corrected chi connectivity index (χ1v) is 6.58. The fourth-order valence-electron chi connectivity index (χ4n) is 2.84. The standard InChI is InChI=1S/C16H10N2O4.2Y/c1-17-13(9-5-3-7-21-9)11-12(15(17)19)14(18(2)16(11)20)10-6-4-8-22-10;;/h3-6H,1-2H3;;/q-2;;. The first-order chi connectivity index (χ1) is 10.6. The maximum Gasteiger partial charge on any atom is 0.259 e. The summed E-state index contributed by atoms with van der Waals surface area (Å²) < 4.78 is 10.5. The van der Waals surface area contributed by atoms with Crippen molar-refractivity contribution in [3.05, 3.63) is 59.5 Å². The molecular formula is C16H10N2O4Y2-2. The van der Waals surface area contributed by atoms with E-state index in [4.69, 9.17) is 8.83 Å². The molecule has 4 heterocycles. The van der Waals surface area contributed by atoms with Crippen LogP contribution in [-0.4, -0.2) is 35.7 Å². The van der Waals surface area contributed by atoms with Crippen molar-refractivity contribution in [3.63, 3.8) is 0 Å². The third kappa shape index (κ3) is 2.64. The zero-order valence-corrected chi connectivity index (χ0v) is 18.7. The van der Waals surface area contributed by atoms with Gasteiger partial charge in [0.2, 0.25) is 0 Å².